The molecule has 0 spiro atoms. The molecule has 0 amide bonds. The molecule has 2 aromatic carbocycles. The van der Waals surface area contributed by atoms with E-state index in [9.17, 15) is 0 Å². The smallest absolute Gasteiger partial charge is 1.00 e. The molecule has 2 aliphatic carbocycles. The number of fused-ring (bicyclic) bond motifs is 3. The number of rotatable bonds is 1. The zero-order chi connectivity index (χ0) is 26.7. The molecule has 4 heteroatoms. The molecule has 0 saturated carbocycles. The molecule has 1 heterocycles. The van der Waals surface area contributed by atoms with Gasteiger partial charge in [0.2, 0.25) is 0 Å². The van der Waals surface area contributed by atoms with Gasteiger partial charge in [0, 0.05) is 0 Å². The van der Waals surface area contributed by atoms with E-state index in [1.54, 1.807) is 30.5 Å². The van der Waals surface area contributed by atoms with Crippen molar-refractivity contribution >= 4 is 8.78 Å². The molecular formula is C34H40Cl2OZr-2. The maximum absolute atomic E-state index is 5.23. The third-order valence-electron chi connectivity index (χ3n) is 6.26. The third-order valence-corrected chi connectivity index (χ3v) is 6.26. The second-order valence-corrected chi connectivity index (χ2v) is 14.5. The van der Waals surface area contributed by atoms with Crippen LogP contribution in [0.1, 0.15) is 90.3 Å². The van der Waals surface area contributed by atoms with Crippen molar-refractivity contribution in [2.75, 3.05) is 0 Å². The van der Waals surface area contributed by atoms with Crippen molar-refractivity contribution in [3.63, 3.8) is 0 Å². The van der Waals surface area contributed by atoms with E-state index in [4.69, 9.17) is 4.42 Å². The van der Waals surface area contributed by atoms with Crippen molar-refractivity contribution in [3.8, 4) is 11.1 Å². The minimum Gasteiger partial charge on any atom is -1.00 e. The fourth-order valence-corrected chi connectivity index (χ4v) is 4.17. The average Bonchev–Trinajstić information content (AvgIpc) is 3.51. The second kappa shape index (κ2) is 14.2. The normalized spacial score (nSPS) is 14.9. The van der Waals surface area contributed by atoms with E-state index in [2.05, 4.69) is 111 Å². The first-order valence-electron chi connectivity index (χ1n) is 12.8. The van der Waals surface area contributed by atoms with Crippen LogP contribution in [0.2, 0.25) is 0 Å². The summed E-state index contributed by atoms with van der Waals surface area (Å²) in [5.41, 5.74) is 9.90. The monoisotopic (exact) mass is 624 g/mol. The van der Waals surface area contributed by atoms with Gasteiger partial charge in [-0.05, 0) is 29.5 Å². The van der Waals surface area contributed by atoms with Gasteiger partial charge in [-0.25, -0.2) is 6.08 Å². The van der Waals surface area contributed by atoms with E-state index in [0.717, 1.165) is 17.8 Å². The van der Waals surface area contributed by atoms with Crippen LogP contribution < -0.4 is 24.8 Å². The maximum Gasteiger partial charge on any atom is -1.00 e. The molecule has 1 nitrogen and oxygen atoms in total. The van der Waals surface area contributed by atoms with Crippen LogP contribution in [0, 0.1) is 18.1 Å². The first-order chi connectivity index (χ1) is 16.8. The van der Waals surface area contributed by atoms with Gasteiger partial charge in [0.1, 0.15) is 0 Å². The number of furan rings is 1. The minimum atomic E-state index is 0. The molecule has 5 rings (SSSR count). The summed E-state index contributed by atoms with van der Waals surface area (Å²) in [6.07, 6.45) is 10.0. The van der Waals surface area contributed by atoms with E-state index < -0.39 is 0 Å². The standard InChI is InChI=1S/C21H25.C10H9O.C3H6.2ClH.Zr/c1-20(2,3)16-9-7-14-11-15-8-10-17(21(4,5)6)13-19(15)18(14)12-16;1-8-4-5-9(7-8)10-3-2-6-11-10;1-3-2;;;/h7,9-10,12-13H,11H2,1-6H3;2-3,5-8H,1H3;1-2H3;2*1H;/q2*-1;;;;+2/p-2. The van der Waals surface area contributed by atoms with Crippen molar-refractivity contribution in [1.82, 2.24) is 0 Å². The van der Waals surface area contributed by atoms with Crippen molar-refractivity contribution in [3.05, 3.63) is 101 Å². The number of halogens is 2. The Balaban J connectivity index is 0.000000358. The Labute approximate surface area is 258 Å². The zero-order valence-electron chi connectivity index (χ0n) is 24.2. The summed E-state index contributed by atoms with van der Waals surface area (Å²) in [5.74, 6) is 1.36. The van der Waals surface area contributed by atoms with E-state index in [0.29, 0.717) is 5.92 Å². The Kier molecular flexibility index (Phi) is 13.0. The van der Waals surface area contributed by atoms with Crippen molar-refractivity contribution in [1.29, 1.82) is 0 Å². The van der Waals surface area contributed by atoms with E-state index >= 15 is 0 Å². The Morgan fingerprint density at radius 3 is 2.03 bits per heavy atom. The van der Waals surface area contributed by atoms with Crippen molar-refractivity contribution < 1.29 is 53.5 Å². The van der Waals surface area contributed by atoms with E-state index in [1.807, 2.05) is 18.2 Å². The molecule has 202 valence electrons. The first kappa shape index (κ1) is 34.6. The molecule has 0 bridgehead atoms. The molecule has 38 heavy (non-hydrogen) atoms. The molecule has 3 aromatic rings. The van der Waals surface area contributed by atoms with Gasteiger partial charge >= 0.3 is 41.3 Å². The minimum absolute atomic E-state index is 0. The molecule has 0 N–H and O–H groups in total. The van der Waals surface area contributed by atoms with Crippen LogP contribution in [0.15, 0.2) is 65.3 Å². The Morgan fingerprint density at radius 1 is 0.921 bits per heavy atom. The van der Waals surface area contributed by atoms with Crippen LogP contribution in [0.5, 0.6) is 0 Å². The van der Waals surface area contributed by atoms with Gasteiger partial charge in [0.05, 0.1) is 12.0 Å². The first-order valence-corrected chi connectivity index (χ1v) is 14.0. The largest absolute Gasteiger partial charge is 1.00 e. The molecule has 1 aromatic heterocycles. The van der Waals surface area contributed by atoms with Gasteiger partial charge in [-0.15, -0.1) is 11.1 Å². The van der Waals surface area contributed by atoms with Gasteiger partial charge in [-0.2, -0.15) is 35.4 Å². The van der Waals surface area contributed by atoms with E-state index in [-0.39, 0.29) is 35.6 Å². The predicted molar refractivity (Wildman–Crippen MR) is 151 cm³/mol. The van der Waals surface area contributed by atoms with Gasteiger partial charge < -0.3 is 29.2 Å². The number of benzene rings is 2. The second-order valence-electron chi connectivity index (χ2n) is 12.0. The quantitative estimate of drug-likeness (QED) is 0.296. The van der Waals surface area contributed by atoms with E-state index in [1.165, 1.54) is 36.6 Å². The van der Waals surface area contributed by atoms with Crippen LogP contribution in [0.3, 0.4) is 0 Å². The summed E-state index contributed by atoms with van der Waals surface area (Å²) in [7, 11) is 0. The van der Waals surface area contributed by atoms with Crippen LogP contribution in [0.4, 0.5) is 0 Å². The summed E-state index contributed by atoms with van der Waals surface area (Å²) in [6.45, 7) is 20.0. The Hall–Kier alpha value is -1.47. The fourth-order valence-electron chi connectivity index (χ4n) is 4.17. The van der Waals surface area contributed by atoms with Crippen LogP contribution >= 0.6 is 0 Å². The SMILES string of the molecule is CC(C)(C)c1c[c-]c2c(c1)-c1cc(C(C)(C)C)ccc1C2.CC1[C-]=CC(c2ccco2)=C1.C[C](C)=[Zr+2].[Cl-].[Cl-]. The topological polar surface area (TPSA) is 13.1 Å². The van der Waals surface area contributed by atoms with Crippen molar-refractivity contribution in [2.24, 2.45) is 5.92 Å². The van der Waals surface area contributed by atoms with Crippen LogP contribution in [-0.4, -0.2) is 3.21 Å². The summed E-state index contributed by atoms with van der Waals surface area (Å²) >= 11 is 1.55. The van der Waals surface area contributed by atoms with Gasteiger partial charge in [0.25, 0.3) is 0 Å². The van der Waals surface area contributed by atoms with Crippen molar-refractivity contribution in [2.45, 2.75) is 79.6 Å². The summed E-state index contributed by atoms with van der Waals surface area (Å²) in [4.78, 5) is 0. The molecular weight excluding hydrogens is 587 g/mol. The third kappa shape index (κ3) is 9.32. The molecule has 0 fully saturated rings. The number of hydrogen-bond donors (Lipinski definition) is 0. The maximum atomic E-state index is 5.23. The average molecular weight is 627 g/mol. The zero-order valence-corrected chi connectivity index (χ0v) is 28.2. The molecule has 2 aliphatic rings. The molecule has 0 radical (unpaired) electrons. The fraction of sp³-hybridized carbons (Fsp3) is 0.382. The molecule has 0 aliphatic heterocycles. The molecule has 1 unspecified atom stereocenters. The van der Waals surface area contributed by atoms with Gasteiger partial charge in [-0.1, -0.05) is 89.1 Å². The molecule has 1 atom stereocenters. The summed E-state index contributed by atoms with van der Waals surface area (Å²) < 4.78 is 6.73. The Bertz CT molecular complexity index is 1200. The number of hydrogen-bond acceptors (Lipinski definition) is 1. The predicted octanol–water partition coefficient (Wildman–Crippen LogP) is 3.08. The molecule has 0 saturated heterocycles. The summed E-state index contributed by atoms with van der Waals surface area (Å²) in [6, 6.07) is 18.9. The van der Waals surface area contributed by atoms with Gasteiger partial charge in [0.15, 0.2) is 0 Å². The number of allylic oxidation sites excluding steroid dienone is 4. The van der Waals surface area contributed by atoms with Gasteiger partial charge in [-0.3, -0.25) is 6.08 Å². The van der Waals surface area contributed by atoms with Crippen LogP contribution in [-0.2, 0) is 41.5 Å². The summed E-state index contributed by atoms with van der Waals surface area (Å²) in [5, 5.41) is 0. The van der Waals surface area contributed by atoms with Crippen LogP contribution in [0.25, 0.3) is 16.7 Å². The Morgan fingerprint density at radius 2 is 1.53 bits per heavy atom.